The highest BCUT2D eigenvalue weighted by Gasteiger charge is 2.38. The van der Waals surface area contributed by atoms with Crippen LogP contribution in [0.4, 0.5) is 0 Å². The lowest BCUT2D eigenvalue weighted by atomic mass is 10.1. The summed E-state index contributed by atoms with van der Waals surface area (Å²) in [5.41, 5.74) is 3.92. The maximum absolute atomic E-state index is 13.3. The molecule has 2 aromatic rings. The van der Waals surface area contributed by atoms with Gasteiger partial charge in [0.1, 0.15) is 0 Å². The second-order valence-corrected chi connectivity index (χ2v) is 10.7. The molecule has 2 rings (SSSR count). The standard InChI is InChI=1S/C20H26NO4S2/c1-8-21(26(22,23)19-15(4)9-13(2)10-16(19)5)27(24,25)20-17(6)11-14(3)12-18(20)7/h8-12H,1-7H3. The summed E-state index contributed by atoms with van der Waals surface area (Å²) >= 11 is 0. The van der Waals surface area contributed by atoms with E-state index in [1.807, 2.05) is 13.8 Å². The van der Waals surface area contributed by atoms with Crippen molar-refractivity contribution in [2.24, 2.45) is 0 Å². The number of sulfonamides is 2. The molecule has 0 amide bonds. The fourth-order valence-corrected chi connectivity index (χ4v) is 7.99. The van der Waals surface area contributed by atoms with Gasteiger partial charge in [0.15, 0.2) is 0 Å². The predicted octanol–water partition coefficient (Wildman–Crippen LogP) is 4.10. The molecule has 0 aromatic heterocycles. The van der Waals surface area contributed by atoms with Crippen LogP contribution >= 0.6 is 0 Å². The van der Waals surface area contributed by atoms with Crippen molar-refractivity contribution in [2.75, 3.05) is 0 Å². The predicted molar refractivity (Wildman–Crippen MR) is 107 cm³/mol. The summed E-state index contributed by atoms with van der Waals surface area (Å²) in [5, 5.41) is 0. The van der Waals surface area contributed by atoms with Gasteiger partial charge in [0.05, 0.1) is 16.3 Å². The van der Waals surface area contributed by atoms with E-state index >= 15 is 0 Å². The average Bonchev–Trinajstić information content (AvgIpc) is 2.43. The SMILES string of the molecule is C[CH]N(S(=O)(=O)c1c(C)cc(C)cc1C)S(=O)(=O)c1c(C)cc(C)cc1C. The van der Waals surface area contributed by atoms with Crippen LogP contribution in [-0.4, -0.2) is 20.5 Å². The quantitative estimate of drug-likeness (QED) is 0.747. The zero-order valence-electron chi connectivity index (χ0n) is 16.8. The molecule has 0 heterocycles. The van der Waals surface area contributed by atoms with Crippen LogP contribution in [-0.2, 0) is 20.0 Å². The van der Waals surface area contributed by atoms with Crippen molar-refractivity contribution >= 4 is 20.0 Å². The highest BCUT2D eigenvalue weighted by Crippen LogP contribution is 2.32. The largest absolute Gasteiger partial charge is 0.257 e. The summed E-state index contributed by atoms with van der Waals surface area (Å²) in [6.45, 7) is 13.0. The second kappa shape index (κ2) is 7.37. The summed E-state index contributed by atoms with van der Waals surface area (Å²) in [5.74, 6) is 0. The molecule has 27 heavy (non-hydrogen) atoms. The zero-order chi connectivity index (χ0) is 20.7. The Labute approximate surface area is 163 Å². The van der Waals surface area contributed by atoms with Crippen molar-refractivity contribution in [1.29, 1.82) is 0 Å². The molecule has 0 unspecified atom stereocenters. The molecule has 0 aliphatic heterocycles. The van der Waals surface area contributed by atoms with E-state index in [0.29, 0.717) is 26.0 Å². The fourth-order valence-electron chi connectivity index (χ4n) is 3.73. The molecule has 0 saturated carbocycles. The van der Waals surface area contributed by atoms with Crippen molar-refractivity contribution in [3.8, 4) is 0 Å². The van der Waals surface area contributed by atoms with E-state index in [1.54, 1.807) is 52.0 Å². The number of benzene rings is 2. The van der Waals surface area contributed by atoms with Crippen LogP contribution in [0.5, 0.6) is 0 Å². The lowest BCUT2D eigenvalue weighted by molar-refractivity contribution is 0.524. The monoisotopic (exact) mass is 408 g/mol. The van der Waals surface area contributed by atoms with Crippen LogP contribution in [0.15, 0.2) is 34.1 Å². The number of aryl methyl sites for hydroxylation is 6. The van der Waals surface area contributed by atoms with Crippen LogP contribution in [0, 0.1) is 48.1 Å². The van der Waals surface area contributed by atoms with Crippen molar-refractivity contribution in [3.63, 3.8) is 0 Å². The van der Waals surface area contributed by atoms with Gasteiger partial charge in [0.25, 0.3) is 20.0 Å². The Morgan fingerprint density at radius 1 is 0.630 bits per heavy atom. The number of hydrogen-bond donors (Lipinski definition) is 0. The van der Waals surface area contributed by atoms with Gasteiger partial charge in [-0.15, -0.1) is 0 Å². The van der Waals surface area contributed by atoms with Crippen LogP contribution in [0.1, 0.15) is 40.3 Å². The molecule has 1 radical (unpaired) electrons. The molecule has 0 N–H and O–H groups in total. The third-order valence-electron chi connectivity index (χ3n) is 4.41. The Balaban J connectivity index is 2.77. The third-order valence-corrected chi connectivity index (χ3v) is 9.28. The molecule has 0 fully saturated rings. The topological polar surface area (TPSA) is 71.5 Å². The third kappa shape index (κ3) is 3.81. The number of nitrogens with zero attached hydrogens (tertiary/aromatic N) is 1. The van der Waals surface area contributed by atoms with Gasteiger partial charge in [0, 0.05) is 0 Å². The Kier molecular flexibility index (Phi) is 5.90. The van der Waals surface area contributed by atoms with Gasteiger partial charge in [-0.05, 0) is 70.7 Å². The van der Waals surface area contributed by atoms with E-state index in [-0.39, 0.29) is 9.79 Å². The molecule has 0 aliphatic carbocycles. The normalized spacial score (nSPS) is 12.6. The van der Waals surface area contributed by atoms with E-state index < -0.39 is 20.0 Å². The lowest BCUT2D eigenvalue weighted by Crippen LogP contribution is -2.35. The second-order valence-electron chi connectivity index (χ2n) is 6.95. The van der Waals surface area contributed by atoms with Gasteiger partial charge in [-0.1, -0.05) is 39.1 Å². The smallest absolute Gasteiger partial charge is 0.206 e. The minimum absolute atomic E-state index is 0.0252. The number of rotatable bonds is 5. The fraction of sp³-hybridized carbons (Fsp3) is 0.350. The first kappa shape index (κ1) is 21.6. The van der Waals surface area contributed by atoms with E-state index in [4.69, 9.17) is 0 Å². The van der Waals surface area contributed by atoms with Crippen molar-refractivity contribution in [3.05, 3.63) is 64.2 Å². The molecule has 0 spiro atoms. The van der Waals surface area contributed by atoms with Gasteiger partial charge in [-0.2, -0.15) is 0 Å². The molecular formula is C20H26NO4S2. The van der Waals surface area contributed by atoms with Gasteiger partial charge < -0.3 is 0 Å². The Morgan fingerprint density at radius 3 is 1.11 bits per heavy atom. The molecule has 2 aromatic carbocycles. The Bertz CT molecular complexity index is 967. The first-order chi connectivity index (χ1) is 12.3. The highest BCUT2D eigenvalue weighted by atomic mass is 32.3. The molecule has 0 aliphatic rings. The van der Waals surface area contributed by atoms with E-state index in [0.717, 1.165) is 17.7 Å². The van der Waals surface area contributed by atoms with Crippen molar-refractivity contribution < 1.29 is 16.8 Å². The lowest BCUT2D eigenvalue weighted by Gasteiger charge is -2.24. The van der Waals surface area contributed by atoms with Gasteiger partial charge in [-0.3, -0.25) is 0 Å². The minimum Gasteiger partial charge on any atom is -0.206 e. The molecule has 0 atom stereocenters. The summed E-state index contributed by atoms with van der Waals surface area (Å²) in [7, 11) is -8.58. The van der Waals surface area contributed by atoms with Gasteiger partial charge >= 0.3 is 0 Å². The summed E-state index contributed by atoms with van der Waals surface area (Å²) in [6, 6.07) is 6.96. The van der Waals surface area contributed by atoms with Gasteiger partial charge in [0.2, 0.25) is 0 Å². The van der Waals surface area contributed by atoms with Crippen LogP contribution in [0.2, 0.25) is 0 Å². The number of hydrogen-bond acceptors (Lipinski definition) is 4. The van der Waals surface area contributed by atoms with Gasteiger partial charge in [-0.25, -0.2) is 16.8 Å². The molecule has 5 nitrogen and oxygen atoms in total. The van der Waals surface area contributed by atoms with Crippen molar-refractivity contribution in [2.45, 2.75) is 58.3 Å². The van der Waals surface area contributed by atoms with Crippen LogP contribution in [0.3, 0.4) is 0 Å². The average molecular weight is 409 g/mol. The summed E-state index contributed by atoms with van der Waals surface area (Å²) in [6.07, 6.45) is 0. The highest BCUT2D eigenvalue weighted by molar-refractivity contribution is 8.04. The van der Waals surface area contributed by atoms with E-state index in [1.165, 1.54) is 6.92 Å². The Hall–Kier alpha value is -1.70. The maximum Gasteiger partial charge on any atom is 0.257 e. The summed E-state index contributed by atoms with van der Waals surface area (Å²) in [4.78, 5) is 0.0504. The molecule has 7 heteroatoms. The first-order valence-electron chi connectivity index (χ1n) is 8.59. The molecular weight excluding hydrogens is 382 g/mol. The molecule has 0 bridgehead atoms. The van der Waals surface area contributed by atoms with Crippen LogP contribution in [0.25, 0.3) is 0 Å². The Morgan fingerprint density at radius 2 is 0.889 bits per heavy atom. The van der Waals surface area contributed by atoms with Crippen molar-refractivity contribution in [1.82, 2.24) is 3.71 Å². The maximum atomic E-state index is 13.3. The molecule has 147 valence electrons. The van der Waals surface area contributed by atoms with Crippen LogP contribution < -0.4 is 0 Å². The molecule has 0 saturated heterocycles. The van der Waals surface area contributed by atoms with E-state index in [9.17, 15) is 16.8 Å². The zero-order valence-corrected chi connectivity index (χ0v) is 18.4. The minimum atomic E-state index is -4.29. The summed E-state index contributed by atoms with van der Waals surface area (Å²) < 4.78 is 53.9. The first-order valence-corrected chi connectivity index (χ1v) is 11.5. The van der Waals surface area contributed by atoms with E-state index in [2.05, 4.69) is 0 Å².